The van der Waals surface area contributed by atoms with E-state index in [1.165, 1.54) is 28.4 Å². The lowest BCUT2D eigenvalue weighted by Crippen LogP contribution is -2.39. The maximum absolute atomic E-state index is 13.2. The molecule has 0 unspecified atom stereocenters. The normalized spacial score (nSPS) is 18.1. The van der Waals surface area contributed by atoms with E-state index < -0.39 is 53.5 Å². The van der Waals surface area contributed by atoms with Crippen molar-refractivity contribution >= 4 is 34.8 Å². The van der Waals surface area contributed by atoms with Crippen LogP contribution >= 0.6 is 0 Å². The molecule has 0 spiro atoms. The Balaban J connectivity index is 2.00. The molecule has 1 aromatic heterocycles. The second kappa shape index (κ2) is 11.6. The van der Waals surface area contributed by atoms with E-state index in [0.717, 1.165) is 16.5 Å². The molecular formula is C29H30O10. The van der Waals surface area contributed by atoms with Crippen LogP contribution in [0, 0.1) is 17.8 Å². The number of fused-ring (bicyclic) bond motifs is 3. The highest BCUT2D eigenvalue weighted by molar-refractivity contribution is 5.97. The number of benzene rings is 2. The third-order valence-electron chi connectivity index (χ3n) is 7.39. The van der Waals surface area contributed by atoms with E-state index in [0.29, 0.717) is 17.1 Å². The standard InChI is InChI=1S/C29H30O10/c1-34-16-12-10-15(11-13-16)21-22(24(28(32)37-4)29(33)38-5)18(14-19(26(30)35-2)27(31)36-3)25-23(21)17-8-6-7-9-20(17)39-25/h6-13,18-19,21-22,24H,14H2,1-5H3/t18-,21-,22+/m0/s1. The van der Waals surface area contributed by atoms with Gasteiger partial charge < -0.3 is 28.1 Å². The van der Waals surface area contributed by atoms with Gasteiger partial charge in [0.05, 0.1) is 35.5 Å². The van der Waals surface area contributed by atoms with Crippen molar-refractivity contribution in [1.82, 2.24) is 0 Å². The second-order valence-corrected chi connectivity index (χ2v) is 9.17. The first-order chi connectivity index (χ1) is 18.8. The highest BCUT2D eigenvalue weighted by Gasteiger charge is 2.55. The van der Waals surface area contributed by atoms with Crippen LogP contribution in [0.3, 0.4) is 0 Å². The molecule has 10 nitrogen and oxygen atoms in total. The van der Waals surface area contributed by atoms with Crippen molar-refractivity contribution < 1.29 is 47.3 Å². The van der Waals surface area contributed by atoms with Gasteiger partial charge in [-0.25, -0.2) is 0 Å². The Bertz CT molecular complexity index is 1340. The molecule has 0 saturated carbocycles. The monoisotopic (exact) mass is 538 g/mol. The van der Waals surface area contributed by atoms with Crippen LogP contribution in [0.2, 0.25) is 0 Å². The van der Waals surface area contributed by atoms with Crippen LogP contribution < -0.4 is 4.74 Å². The summed E-state index contributed by atoms with van der Waals surface area (Å²) in [5.41, 5.74) is 2.10. The number of furan rings is 1. The molecule has 1 aliphatic rings. The van der Waals surface area contributed by atoms with Gasteiger partial charge in [0, 0.05) is 28.7 Å². The smallest absolute Gasteiger partial charge is 0.320 e. The maximum atomic E-state index is 13.2. The first-order valence-electron chi connectivity index (χ1n) is 12.3. The third kappa shape index (κ3) is 4.94. The number of hydrogen-bond acceptors (Lipinski definition) is 10. The number of rotatable bonds is 9. The van der Waals surface area contributed by atoms with Gasteiger partial charge in [-0.15, -0.1) is 0 Å². The van der Waals surface area contributed by atoms with Crippen LogP contribution in [0.4, 0.5) is 0 Å². The van der Waals surface area contributed by atoms with Crippen molar-refractivity contribution in [2.45, 2.75) is 18.3 Å². The molecule has 1 heterocycles. The minimum absolute atomic E-state index is 0.145. The summed E-state index contributed by atoms with van der Waals surface area (Å²) >= 11 is 0. The van der Waals surface area contributed by atoms with Gasteiger partial charge in [-0.1, -0.05) is 30.3 Å². The zero-order chi connectivity index (χ0) is 28.3. The highest BCUT2D eigenvalue weighted by atomic mass is 16.6. The molecule has 0 fully saturated rings. The van der Waals surface area contributed by atoms with Crippen LogP contribution in [-0.4, -0.2) is 59.4 Å². The van der Waals surface area contributed by atoms with Gasteiger partial charge in [0.15, 0.2) is 11.8 Å². The molecule has 3 aromatic rings. The van der Waals surface area contributed by atoms with E-state index in [9.17, 15) is 19.2 Å². The van der Waals surface area contributed by atoms with Gasteiger partial charge in [-0.2, -0.15) is 0 Å². The van der Waals surface area contributed by atoms with Gasteiger partial charge in [0.1, 0.15) is 17.1 Å². The molecule has 0 N–H and O–H groups in total. The van der Waals surface area contributed by atoms with Crippen molar-refractivity contribution in [2.24, 2.45) is 17.8 Å². The average Bonchev–Trinajstić information content (AvgIpc) is 3.49. The molecular weight excluding hydrogens is 508 g/mol. The lowest BCUT2D eigenvalue weighted by molar-refractivity contribution is -0.162. The molecule has 1 aliphatic carbocycles. The molecule has 0 amide bonds. The Morgan fingerprint density at radius 1 is 0.769 bits per heavy atom. The summed E-state index contributed by atoms with van der Waals surface area (Å²) in [6, 6.07) is 14.6. The van der Waals surface area contributed by atoms with Crippen molar-refractivity contribution in [3.63, 3.8) is 0 Å². The zero-order valence-electron chi connectivity index (χ0n) is 22.3. The summed E-state index contributed by atoms with van der Waals surface area (Å²) < 4.78 is 31.5. The maximum Gasteiger partial charge on any atom is 0.320 e. The Kier molecular flexibility index (Phi) is 8.23. The van der Waals surface area contributed by atoms with Gasteiger partial charge in [-0.3, -0.25) is 19.2 Å². The molecule has 39 heavy (non-hydrogen) atoms. The van der Waals surface area contributed by atoms with Crippen molar-refractivity contribution in [3.8, 4) is 5.75 Å². The van der Waals surface area contributed by atoms with Gasteiger partial charge in [0.25, 0.3) is 0 Å². The molecule has 0 saturated heterocycles. The van der Waals surface area contributed by atoms with Crippen LogP contribution in [0.25, 0.3) is 11.0 Å². The largest absolute Gasteiger partial charge is 0.497 e. The summed E-state index contributed by atoms with van der Waals surface area (Å²) in [6.07, 6.45) is -0.145. The second-order valence-electron chi connectivity index (χ2n) is 9.17. The van der Waals surface area contributed by atoms with E-state index >= 15 is 0 Å². The molecule has 0 bridgehead atoms. The summed E-state index contributed by atoms with van der Waals surface area (Å²) in [4.78, 5) is 51.8. The SMILES string of the molecule is COC(=O)C(C[C@@H]1c2oc3ccccc3c2[C@@H](c2ccc(OC)cc2)[C@@H]1C(C(=O)OC)C(=O)OC)C(=O)OC. The summed E-state index contributed by atoms with van der Waals surface area (Å²) in [6.45, 7) is 0. The van der Waals surface area contributed by atoms with Crippen LogP contribution in [0.5, 0.6) is 5.75 Å². The van der Waals surface area contributed by atoms with Crippen molar-refractivity contribution in [1.29, 1.82) is 0 Å². The van der Waals surface area contributed by atoms with Gasteiger partial charge in [-0.05, 0) is 30.2 Å². The molecule has 3 atom stereocenters. The predicted octanol–water partition coefficient (Wildman–Crippen LogP) is 3.60. The highest BCUT2D eigenvalue weighted by Crippen LogP contribution is 2.58. The van der Waals surface area contributed by atoms with Crippen LogP contribution in [-0.2, 0) is 38.1 Å². The van der Waals surface area contributed by atoms with E-state index in [1.807, 2.05) is 30.3 Å². The summed E-state index contributed by atoms with van der Waals surface area (Å²) in [5.74, 6) is -7.06. The fourth-order valence-corrected chi connectivity index (χ4v) is 5.66. The topological polar surface area (TPSA) is 128 Å². The number of para-hydroxylation sites is 1. The predicted molar refractivity (Wildman–Crippen MR) is 137 cm³/mol. The molecule has 4 rings (SSSR count). The Morgan fingerprint density at radius 3 is 1.87 bits per heavy atom. The molecule has 0 radical (unpaired) electrons. The van der Waals surface area contributed by atoms with E-state index in [-0.39, 0.29) is 6.42 Å². The fraction of sp³-hybridized carbons (Fsp3) is 0.379. The van der Waals surface area contributed by atoms with Crippen molar-refractivity contribution in [2.75, 3.05) is 35.5 Å². The number of carbonyl (C=O) groups excluding carboxylic acids is 4. The molecule has 10 heteroatoms. The number of methoxy groups -OCH3 is 5. The first-order valence-corrected chi connectivity index (χ1v) is 12.3. The minimum Gasteiger partial charge on any atom is -0.497 e. The lowest BCUT2D eigenvalue weighted by Gasteiger charge is -2.31. The third-order valence-corrected chi connectivity index (χ3v) is 7.39. The average molecular weight is 539 g/mol. The molecule has 206 valence electrons. The van der Waals surface area contributed by atoms with Crippen LogP contribution in [0.1, 0.15) is 35.1 Å². The quantitative estimate of drug-likeness (QED) is 0.226. The Morgan fingerprint density at radius 2 is 1.33 bits per heavy atom. The van der Waals surface area contributed by atoms with Gasteiger partial charge in [0.2, 0.25) is 0 Å². The van der Waals surface area contributed by atoms with E-state index in [4.69, 9.17) is 28.1 Å². The fourth-order valence-electron chi connectivity index (χ4n) is 5.66. The van der Waals surface area contributed by atoms with Crippen molar-refractivity contribution in [3.05, 3.63) is 65.4 Å². The van der Waals surface area contributed by atoms with Gasteiger partial charge >= 0.3 is 23.9 Å². The Labute approximate surface area is 225 Å². The first kappa shape index (κ1) is 27.7. The summed E-state index contributed by atoms with van der Waals surface area (Å²) in [5, 5.41) is 0.780. The number of carbonyl (C=O) groups is 4. The number of hydrogen-bond donors (Lipinski definition) is 0. The Hall–Kier alpha value is -4.34. The van der Waals surface area contributed by atoms with E-state index in [2.05, 4.69) is 0 Å². The van der Waals surface area contributed by atoms with Crippen LogP contribution in [0.15, 0.2) is 52.9 Å². The number of esters is 4. The minimum atomic E-state index is -1.39. The summed E-state index contributed by atoms with van der Waals surface area (Å²) in [7, 11) is 6.26. The van der Waals surface area contributed by atoms with E-state index in [1.54, 1.807) is 25.3 Å². The molecule has 0 aliphatic heterocycles. The lowest BCUT2D eigenvalue weighted by atomic mass is 9.72. The zero-order valence-corrected chi connectivity index (χ0v) is 22.3. The molecule has 2 aromatic carbocycles. The number of ether oxygens (including phenoxy) is 5.